The highest BCUT2D eigenvalue weighted by molar-refractivity contribution is 5.99. The Bertz CT molecular complexity index is 477. The van der Waals surface area contributed by atoms with Crippen molar-refractivity contribution in [1.29, 1.82) is 0 Å². The number of Topliss-reactive ketones (excluding diaryl/α,β-unsaturated/α-hetero) is 1. The maximum Gasteiger partial charge on any atom is 0.202 e. The number of hydrogen-bond acceptors (Lipinski definition) is 2. The monoisotopic (exact) mass is 226 g/mol. The molecule has 0 saturated carbocycles. The zero-order valence-corrected chi connectivity index (χ0v) is 9.67. The van der Waals surface area contributed by atoms with E-state index in [1.807, 2.05) is 48.5 Å². The summed E-state index contributed by atoms with van der Waals surface area (Å²) in [6.45, 7) is 1.77. The molecule has 0 heterocycles. The first-order valence-corrected chi connectivity index (χ1v) is 5.58. The number of ether oxygens (including phenoxy) is 1. The fourth-order valence-corrected chi connectivity index (χ4v) is 1.59. The predicted molar refractivity (Wildman–Crippen MR) is 67.3 cm³/mol. The Labute approximate surface area is 101 Å². The van der Waals surface area contributed by atoms with Crippen LogP contribution in [0.3, 0.4) is 0 Å². The molecule has 86 valence electrons. The number of ketones is 1. The van der Waals surface area contributed by atoms with Crippen molar-refractivity contribution in [3.05, 3.63) is 66.2 Å². The molecule has 0 aliphatic heterocycles. The highest BCUT2D eigenvalue weighted by atomic mass is 16.5. The van der Waals surface area contributed by atoms with E-state index < -0.39 is 6.10 Å². The molecule has 2 aromatic rings. The summed E-state index contributed by atoms with van der Waals surface area (Å²) < 4.78 is 5.58. The van der Waals surface area contributed by atoms with Gasteiger partial charge in [0.25, 0.3) is 0 Å². The summed E-state index contributed by atoms with van der Waals surface area (Å²) in [7, 11) is 0. The Morgan fingerprint density at radius 1 is 0.941 bits per heavy atom. The van der Waals surface area contributed by atoms with Crippen molar-refractivity contribution < 1.29 is 9.53 Å². The molecule has 0 saturated heterocycles. The van der Waals surface area contributed by atoms with Crippen molar-refractivity contribution in [2.75, 3.05) is 0 Å². The van der Waals surface area contributed by atoms with Crippen LogP contribution in [-0.4, -0.2) is 11.9 Å². The Kier molecular flexibility index (Phi) is 3.55. The summed E-state index contributed by atoms with van der Waals surface area (Å²) >= 11 is 0. The summed E-state index contributed by atoms with van der Waals surface area (Å²) in [4.78, 5) is 12.0. The van der Waals surface area contributed by atoms with E-state index in [-0.39, 0.29) is 5.78 Å². The molecule has 2 heteroatoms. The fraction of sp³-hybridized carbons (Fsp3) is 0.133. The maximum atomic E-state index is 12.0. The summed E-state index contributed by atoms with van der Waals surface area (Å²) in [6.07, 6.45) is -0.472. The second-order valence-corrected chi connectivity index (χ2v) is 3.80. The minimum atomic E-state index is -0.472. The molecular formula is C15H14O2. The second kappa shape index (κ2) is 5.30. The van der Waals surface area contributed by atoms with E-state index in [0.717, 1.165) is 0 Å². The van der Waals surface area contributed by atoms with Gasteiger partial charge in [-0.2, -0.15) is 0 Å². The third-order valence-electron chi connectivity index (χ3n) is 2.48. The van der Waals surface area contributed by atoms with Crippen LogP contribution in [0.15, 0.2) is 60.7 Å². The summed E-state index contributed by atoms with van der Waals surface area (Å²) in [5, 5.41) is 0. The van der Waals surface area contributed by atoms with Crippen LogP contribution in [0, 0.1) is 0 Å². The van der Waals surface area contributed by atoms with Gasteiger partial charge in [0.05, 0.1) is 0 Å². The SMILES string of the molecule is C[C@@H](Oc1ccccc1)C(=O)c1ccccc1. The van der Waals surface area contributed by atoms with E-state index in [9.17, 15) is 4.79 Å². The molecular weight excluding hydrogens is 212 g/mol. The minimum Gasteiger partial charge on any atom is -0.483 e. The quantitative estimate of drug-likeness (QED) is 0.747. The van der Waals surface area contributed by atoms with Crippen LogP contribution in [0.25, 0.3) is 0 Å². The number of carbonyl (C=O) groups is 1. The average Bonchev–Trinajstić information content (AvgIpc) is 2.40. The lowest BCUT2D eigenvalue weighted by Crippen LogP contribution is -2.23. The molecule has 0 N–H and O–H groups in total. The van der Waals surface area contributed by atoms with Crippen LogP contribution in [0.1, 0.15) is 17.3 Å². The topological polar surface area (TPSA) is 26.3 Å². The van der Waals surface area contributed by atoms with Crippen molar-refractivity contribution in [1.82, 2.24) is 0 Å². The van der Waals surface area contributed by atoms with Crippen molar-refractivity contribution in [2.45, 2.75) is 13.0 Å². The molecule has 0 unspecified atom stereocenters. The van der Waals surface area contributed by atoms with E-state index in [1.54, 1.807) is 19.1 Å². The first-order chi connectivity index (χ1) is 8.27. The van der Waals surface area contributed by atoms with E-state index in [4.69, 9.17) is 4.74 Å². The number of carbonyl (C=O) groups excluding carboxylic acids is 1. The Balaban J connectivity index is 2.06. The molecule has 0 bridgehead atoms. The van der Waals surface area contributed by atoms with Gasteiger partial charge in [-0.3, -0.25) is 4.79 Å². The number of benzene rings is 2. The highest BCUT2D eigenvalue weighted by Crippen LogP contribution is 2.13. The van der Waals surface area contributed by atoms with E-state index in [0.29, 0.717) is 11.3 Å². The lowest BCUT2D eigenvalue weighted by Gasteiger charge is -2.13. The fourth-order valence-electron chi connectivity index (χ4n) is 1.59. The Morgan fingerprint density at radius 2 is 1.47 bits per heavy atom. The van der Waals surface area contributed by atoms with E-state index >= 15 is 0 Å². The molecule has 0 aromatic heterocycles. The zero-order chi connectivity index (χ0) is 12.1. The third kappa shape index (κ3) is 2.94. The van der Waals surface area contributed by atoms with Crippen LogP contribution in [0.2, 0.25) is 0 Å². The largest absolute Gasteiger partial charge is 0.483 e. The Hall–Kier alpha value is -2.09. The normalized spacial score (nSPS) is 11.8. The number of hydrogen-bond donors (Lipinski definition) is 0. The van der Waals surface area contributed by atoms with Crippen LogP contribution >= 0.6 is 0 Å². The molecule has 0 amide bonds. The lowest BCUT2D eigenvalue weighted by molar-refractivity contribution is 0.0818. The van der Waals surface area contributed by atoms with Gasteiger partial charge in [-0.05, 0) is 19.1 Å². The van der Waals surface area contributed by atoms with E-state index in [1.165, 1.54) is 0 Å². The van der Waals surface area contributed by atoms with Crippen molar-refractivity contribution in [3.63, 3.8) is 0 Å². The standard InChI is InChI=1S/C15H14O2/c1-12(17-14-10-6-3-7-11-14)15(16)13-8-4-2-5-9-13/h2-12H,1H3/t12-/m1/s1. The van der Waals surface area contributed by atoms with Crippen LogP contribution in [0.4, 0.5) is 0 Å². The molecule has 0 spiro atoms. The Morgan fingerprint density at radius 3 is 2.06 bits per heavy atom. The number of para-hydroxylation sites is 1. The number of rotatable bonds is 4. The molecule has 0 radical (unpaired) electrons. The summed E-state index contributed by atoms with van der Waals surface area (Å²) in [5.41, 5.74) is 0.677. The minimum absolute atomic E-state index is 0.00514. The van der Waals surface area contributed by atoms with Gasteiger partial charge in [-0.15, -0.1) is 0 Å². The van der Waals surface area contributed by atoms with Gasteiger partial charge in [-0.1, -0.05) is 48.5 Å². The van der Waals surface area contributed by atoms with Gasteiger partial charge in [-0.25, -0.2) is 0 Å². The molecule has 2 nitrogen and oxygen atoms in total. The van der Waals surface area contributed by atoms with Crippen molar-refractivity contribution >= 4 is 5.78 Å². The van der Waals surface area contributed by atoms with Crippen LogP contribution in [0.5, 0.6) is 5.75 Å². The van der Waals surface area contributed by atoms with Gasteiger partial charge < -0.3 is 4.74 Å². The summed E-state index contributed by atoms with van der Waals surface area (Å²) in [5.74, 6) is 0.707. The molecule has 2 aromatic carbocycles. The van der Waals surface area contributed by atoms with Gasteiger partial charge in [0, 0.05) is 5.56 Å². The molecule has 0 aliphatic carbocycles. The highest BCUT2D eigenvalue weighted by Gasteiger charge is 2.16. The molecule has 1 atom stereocenters. The van der Waals surface area contributed by atoms with Gasteiger partial charge in [0.1, 0.15) is 5.75 Å². The molecule has 2 rings (SSSR count). The first-order valence-electron chi connectivity index (χ1n) is 5.58. The summed E-state index contributed by atoms with van der Waals surface area (Å²) in [6, 6.07) is 18.6. The van der Waals surface area contributed by atoms with Gasteiger partial charge in [0.2, 0.25) is 5.78 Å². The van der Waals surface area contributed by atoms with E-state index in [2.05, 4.69) is 0 Å². The lowest BCUT2D eigenvalue weighted by atomic mass is 10.1. The van der Waals surface area contributed by atoms with Crippen molar-refractivity contribution in [3.8, 4) is 5.75 Å². The molecule has 0 fully saturated rings. The van der Waals surface area contributed by atoms with Crippen LogP contribution in [-0.2, 0) is 0 Å². The predicted octanol–water partition coefficient (Wildman–Crippen LogP) is 3.34. The van der Waals surface area contributed by atoms with Gasteiger partial charge >= 0.3 is 0 Å². The maximum absolute atomic E-state index is 12.0. The molecule has 0 aliphatic rings. The zero-order valence-electron chi connectivity index (χ0n) is 9.67. The smallest absolute Gasteiger partial charge is 0.202 e. The third-order valence-corrected chi connectivity index (χ3v) is 2.48. The second-order valence-electron chi connectivity index (χ2n) is 3.80. The van der Waals surface area contributed by atoms with Crippen molar-refractivity contribution in [2.24, 2.45) is 0 Å². The average molecular weight is 226 g/mol. The van der Waals surface area contributed by atoms with Crippen LogP contribution < -0.4 is 4.74 Å². The first kappa shape index (κ1) is 11.4. The molecule has 17 heavy (non-hydrogen) atoms. The van der Waals surface area contributed by atoms with Gasteiger partial charge in [0.15, 0.2) is 6.10 Å².